The summed E-state index contributed by atoms with van der Waals surface area (Å²) in [6.07, 6.45) is 3.55. The third-order valence-electron chi connectivity index (χ3n) is 3.16. The Bertz CT molecular complexity index is 547. The fraction of sp³-hybridized carbons (Fsp3) is 0.267. The Kier molecular flexibility index (Phi) is 4.53. The van der Waals surface area contributed by atoms with Crippen molar-refractivity contribution in [3.8, 4) is 5.75 Å². The van der Waals surface area contributed by atoms with Gasteiger partial charge in [0.25, 0.3) is 0 Å². The molecule has 19 heavy (non-hydrogen) atoms. The monoisotopic (exact) mass is 323 g/mol. The molecule has 0 aliphatic carbocycles. The molecular weight excluding hydrogens is 309 g/mol. The summed E-state index contributed by atoms with van der Waals surface area (Å²) in [5.41, 5.74) is 2.17. The van der Waals surface area contributed by atoms with Crippen molar-refractivity contribution in [2.24, 2.45) is 0 Å². The van der Waals surface area contributed by atoms with Gasteiger partial charge in [0.1, 0.15) is 0 Å². The number of methoxy groups -OCH3 is 1. The zero-order chi connectivity index (χ0) is 13.8. The van der Waals surface area contributed by atoms with Gasteiger partial charge in [0.15, 0.2) is 11.6 Å². The molecule has 100 valence electrons. The van der Waals surface area contributed by atoms with E-state index in [0.717, 1.165) is 5.56 Å². The molecule has 2 aromatic rings. The zero-order valence-corrected chi connectivity index (χ0v) is 12.4. The molecule has 2 rings (SSSR count). The lowest BCUT2D eigenvalue weighted by Crippen LogP contribution is -2.03. The second-order valence-electron chi connectivity index (χ2n) is 4.36. The van der Waals surface area contributed by atoms with Crippen LogP contribution in [0.3, 0.4) is 0 Å². The van der Waals surface area contributed by atoms with Gasteiger partial charge in [-0.15, -0.1) is 0 Å². The molecule has 1 aromatic heterocycles. The molecule has 0 fully saturated rings. The molecule has 1 aromatic carbocycles. The van der Waals surface area contributed by atoms with Crippen molar-refractivity contribution in [3.05, 3.63) is 59.7 Å². The van der Waals surface area contributed by atoms with Crippen LogP contribution in [0.25, 0.3) is 0 Å². The molecule has 0 bridgehead atoms. The minimum absolute atomic E-state index is 0.0874. The molecule has 0 aliphatic rings. The van der Waals surface area contributed by atoms with Crippen LogP contribution >= 0.6 is 15.9 Å². The second kappa shape index (κ2) is 6.15. The predicted octanol–water partition coefficient (Wildman–Crippen LogP) is 4.47. The van der Waals surface area contributed by atoms with Gasteiger partial charge in [0, 0.05) is 17.2 Å². The van der Waals surface area contributed by atoms with E-state index in [4.69, 9.17) is 4.74 Å². The van der Waals surface area contributed by atoms with Gasteiger partial charge in [-0.1, -0.05) is 28.9 Å². The quantitative estimate of drug-likeness (QED) is 0.774. The van der Waals surface area contributed by atoms with Gasteiger partial charge in [-0.3, -0.25) is 4.98 Å². The van der Waals surface area contributed by atoms with Crippen molar-refractivity contribution in [1.82, 2.24) is 4.98 Å². The van der Waals surface area contributed by atoms with Crippen LogP contribution in [0, 0.1) is 5.82 Å². The van der Waals surface area contributed by atoms with E-state index in [2.05, 4.69) is 27.8 Å². The average Bonchev–Trinajstić information content (AvgIpc) is 2.47. The third-order valence-corrected chi connectivity index (χ3v) is 4.49. The standard InChI is InChI=1S/C15H15BrFNO/c1-10(11-5-7-18-8-6-11)15(16)12-3-4-13(17)14(9-12)19-2/h3-10,15H,1-2H3. The van der Waals surface area contributed by atoms with E-state index in [1.807, 2.05) is 12.1 Å². The number of nitrogens with zero attached hydrogens (tertiary/aromatic N) is 1. The SMILES string of the molecule is COc1cc(C(Br)C(C)c2ccncc2)ccc1F. The summed E-state index contributed by atoms with van der Waals surface area (Å²) < 4.78 is 18.4. The van der Waals surface area contributed by atoms with Crippen LogP contribution in [0.1, 0.15) is 28.8 Å². The molecule has 0 spiro atoms. The molecule has 0 N–H and O–H groups in total. The average molecular weight is 324 g/mol. The van der Waals surface area contributed by atoms with E-state index in [1.165, 1.54) is 18.7 Å². The number of alkyl halides is 1. The van der Waals surface area contributed by atoms with Crippen LogP contribution in [0.2, 0.25) is 0 Å². The number of benzene rings is 1. The molecule has 0 amide bonds. The Hall–Kier alpha value is -1.42. The molecule has 2 nitrogen and oxygen atoms in total. The molecule has 0 saturated heterocycles. The molecular formula is C15H15BrFNO. The summed E-state index contributed by atoms with van der Waals surface area (Å²) in [7, 11) is 1.47. The molecule has 2 unspecified atom stereocenters. The normalized spacial score (nSPS) is 13.9. The van der Waals surface area contributed by atoms with Crippen LogP contribution in [-0.2, 0) is 0 Å². The largest absolute Gasteiger partial charge is 0.494 e. The maximum absolute atomic E-state index is 13.4. The Balaban J connectivity index is 2.26. The Labute approximate surface area is 120 Å². The number of rotatable bonds is 4. The summed E-state index contributed by atoms with van der Waals surface area (Å²) in [6.45, 7) is 2.12. The summed E-state index contributed by atoms with van der Waals surface area (Å²) >= 11 is 3.68. The first-order valence-corrected chi connectivity index (χ1v) is 6.92. The third kappa shape index (κ3) is 3.13. The predicted molar refractivity (Wildman–Crippen MR) is 77.3 cm³/mol. The van der Waals surface area contributed by atoms with Gasteiger partial charge >= 0.3 is 0 Å². The van der Waals surface area contributed by atoms with E-state index in [-0.39, 0.29) is 22.3 Å². The Morgan fingerprint density at radius 2 is 1.84 bits per heavy atom. The summed E-state index contributed by atoms with van der Waals surface area (Å²) in [6, 6.07) is 8.91. The summed E-state index contributed by atoms with van der Waals surface area (Å²) in [5.74, 6) is 0.171. The molecule has 2 atom stereocenters. The zero-order valence-electron chi connectivity index (χ0n) is 10.8. The van der Waals surface area contributed by atoms with Crippen molar-refractivity contribution in [1.29, 1.82) is 0 Å². The highest BCUT2D eigenvalue weighted by molar-refractivity contribution is 9.09. The molecule has 0 radical (unpaired) electrons. The Morgan fingerprint density at radius 3 is 2.47 bits per heavy atom. The fourth-order valence-corrected chi connectivity index (χ4v) is 2.56. The van der Waals surface area contributed by atoms with E-state index in [0.29, 0.717) is 0 Å². The van der Waals surface area contributed by atoms with Gasteiger partial charge < -0.3 is 4.74 Å². The van der Waals surface area contributed by atoms with Crippen molar-refractivity contribution >= 4 is 15.9 Å². The van der Waals surface area contributed by atoms with Gasteiger partial charge in [-0.05, 0) is 41.3 Å². The number of hydrogen-bond donors (Lipinski definition) is 0. The fourth-order valence-electron chi connectivity index (χ4n) is 1.97. The lowest BCUT2D eigenvalue weighted by Gasteiger charge is -2.19. The topological polar surface area (TPSA) is 22.1 Å². The first-order chi connectivity index (χ1) is 9.13. The van der Waals surface area contributed by atoms with Crippen LogP contribution in [0.15, 0.2) is 42.7 Å². The van der Waals surface area contributed by atoms with E-state index in [9.17, 15) is 4.39 Å². The van der Waals surface area contributed by atoms with Crippen molar-refractivity contribution < 1.29 is 9.13 Å². The van der Waals surface area contributed by atoms with Gasteiger partial charge in [0.2, 0.25) is 0 Å². The molecule has 1 heterocycles. The highest BCUT2D eigenvalue weighted by Gasteiger charge is 2.19. The van der Waals surface area contributed by atoms with Gasteiger partial charge in [-0.2, -0.15) is 0 Å². The van der Waals surface area contributed by atoms with E-state index >= 15 is 0 Å². The lowest BCUT2D eigenvalue weighted by atomic mass is 9.94. The number of ether oxygens (including phenoxy) is 1. The number of pyridine rings is 1. The smallest absolute Gasteiger partial charge is 0.165 e. The second-order valence-corrected chi connectivity index (χ2v) is 5.35. The van der Waals surface area contributed by atoms with E-state index < -0.39 is 0 Å². The number of aromatic nitrogens is 1. The minimum atomic E-state index is -0.345. The van der Waals surface area contributed by atoms with Crippen molar-refractivity contribution in [2.45, 2.75) is 17.7 Å². The maximum Gasteiger partial charge on any atom is 0.165 e. The van der Waals surface area contributed by atoms with E-state index in [1.54, 1.807) is 24.5 Å². The van der Waals surface area contributed by atoms with Crippen LogP contribution in [-0.4, -0.2) is 12.1 Å². The van der Waals surface area contributed by atoms with Crippen LogP contribution < -0.4 is 4.74 Å². The first-order valence-electron chi connectivity index (χ1n) is 6.01. The maximum atomic E-state index is 13.4. The minimum Gasteiger partial charge on any atom is -0.494 e. The van der Waals surface area contributed by atoms with Crippen molar-refractivity contribution in [2.75, 3.05) is 7.11 Å². The molecule has 4 heteroatoms. The van der Waals surface area contributed by atoms with Gasteiger partial charge in [0.05, 0.1) is 7.11 Å². The van der Waals surface area contributed by atoms with Crippen molar-refractivity contribution in [3.63, 3.8) is 0 Å². The molecule has 0 aliphatic heterocycles. The van der Waals surface area contributed by atoms with Crippen LogP contribution in [0.5, 0.6) is 5.75 Å². The highest BCUT2D eigenvalue weighted by Crippen LogP contribution is 2.38. The first kappa shape index (κ1) is 14.0. The number of halogens is 2. The summed E-state index contributed by atoms with van der Waals surface area (Å²) in [5, 5.41) is 0. The van der Waals surface area contributed by atoms with Crippen LogP contribution in [0.4, 0.5) is 4.39 Å². The highest BCUT2D eigenvalue weighted by atomic mass is 79.9. The lowest BCUT2D eigenvalue weighted by molar-refractivity contribution is 0.386. The van der Waals surface area contributed by atoms with Gasteiger partial charge in [-0.25, -0.2) is 4.39 Å². The number of hydrogen-bond acceptors (Lipinski definition) is 2. The summed E-state index contributed by atoms with van der Waals surface area (Å²) in [4.78, 5) is 4.10. The molecule has 0 saturated carbocycles. The Morgan fingerprint density at radius 1 is 1.16 bits per heavy atom.